The SMILES string of the molecule is CO.CO.N#C[S-].[K+]. The Morgan fingerprint density at radius 2 is 1.25 bits per heavy atom. The summed E-state index contributed by atoms with van der Waals surface area (Å²) in [4.78, 5) is 0. The van der Waals surface area contributed by atoms with E-state index in [1.807, 2.05) is 0 Å². The van der Waals surface area contributed by atoms with E-state index < -0.39 is 0 Å². The largest absolute Gasteiger partial charge is 1.00 e. The van der Waals surface area contributed by atoms with Crippen molar-refractivity contribution in [3.8, 4) is 5.40 Å². The maximum absolute atomic E-state index is 7.13. The van der Waals surface area contributed by atoms with E-state index in [1.54, 1.807) is 0 Å². The van der Waals surface area contributed by atoms with Gasteiger partial charge in [-0.3, -0.25) is 0 Å². The van der Waals surface area contributed by atoms with Crippen LogP contribution in [0.2, 0.25) is 0 Å². The summed E-state index contributed by atoms with van der Waals surface area (Å²) in [5, 5.41) is 22.5. The van der Waals surface area contributed by atoms with Gasteiger partial charge in [-0.25, -0.2) is 5.26 Å². The number of rotatable bonds is 0. The molecular formula is C3H8KNO2S. The third kappa shape index (κ3) is 178. The summed E-state index contributed by atoms with van der Waals surface area (Å²) < 4.78 is 0. The molecule has 0 aromatic heterocycles. The van der Waals surface area contributed by atoms with E-state index in [0.29, 0.717) is 0 Å². The summed E-state index contributed by atoms with van der Waals surface area (Å²) in [7, 11) is 2.00. The standard InChI is InChI=1S/CHNS.2CH4O.K/c2-1-3;2*1-2;/h3H;2*2H,1H3;/q;;;+1/p-1. The van der Waals surface area contributed by atoms with Crippen LogP contribution in [-0.2, 0) is 12.6 Å². The summed E-state index contributed by atoms with van der Waals surface area (Å²) in [6.45, 7) is 0. The maximum atomic E-state index is 7.13. The summed E-state index contributed by atoms with van der Waals surface area (Å²) in [6.07, 6.45) is 0. The quantitative estimate of drug-likeness (QED) is 0.217. The molecule has 0 atom stereocenters. The minimum atomic E-state index is 0. The fraction of sp³-hybridized carbons (Fsp3) is 0.667. The third-order valence-electron chi connectivity index (χ3n) is 0. The van der Waals surface area contributed by atoms with Gasteiger partial charge in [-0.2, -0.15) is 0 Å². The molecule has 0 fully saturated rings. The van der Waals surface area contributed by atoms with Gasteiger partial charge in [0.05, 0.1) is 0 Å². The molecule has 0 aliphatic rings. The van der Waals surface area contributed by atoms with Gasteiger partial charge in [0.15, 0.2) is 0 Å². The molecule has 0 unspecified atom stereocenters. The molecule has 3 nitrogen and oxygen atoms in total. The van der Waals surface area contributed by atoms with E-state index in [0.717, 1.165) is 14.2 Å². The average Bonchev–Trinajstić information content (AvgIpc) is 1.78. The van der Waals surface area contributed by atoms with Crippen molar-refractivity contribution in [2.45, 2.75) is 0 Å². The van der Waals surface area contributed by atoms with Crippen LogP contribution in [0, 0.1) is 10.7 Å². The van der Waals surface area contributed by atoms with Crippen molar-refractivity contribution in [1.29, 1.82) is 5.26 Å². The fourth-order valence-electron chi connectivity index (χ4n) is 0. The second-order valence-electron chi connectivity index (χ2n) is 0.0913. The van der Waals surface area contributed by atoms with Crippen LogP contribution in [0.25, 0.3) is 0 Å². The first kappa shape index (κ1) is 22.8. The first-order valence-electron chi connectivity index (χ1n) is 1.32. The van der Waals surface area contributed by atoms with Crippen molar-refractivity contribution in [1.82, 2.24) is 0 Å². The normalized spacial score (nSPS) is 2.38. The Morgan fingerprint density at radius 1 is 1.25 bits per heavy atom. The molecule has 0 amide bonds. The third-order valence-corrected chi connectivity index (χ3v) is 0. The van der Waals surface area contributed by atoms with E-state index in [-0.39, 0.29) is 51.4 Å². The van der Waals surface area contributed by atoms with Crippen LogP contribution in [-0.4, -0.2) is 24.4 Å². The van der Waals surface area contributed by atoms with E-state index in [4.69, 9.17) is 15.5 Å². The molecule has 0 spiro atoms. The zero-order valence-electron chi connectivity index (χ0n) is 5.25. The van der Waals surface area contributed by atoms with Crippen molar-refractivity contribution in [2.75, 3.05) is 14.2 Å². The molecular weight excluding hydrogens is 153 g/mol. The van der Waals surface area contributed by atoms with Crippen LogP contribution in [0.1, 0.15) is 0 Å². The number of thiocyanates is 1. The van der Waals surface area contributed by atoms with Gasteiger partial charge in [-0.1, -0.05) is 5.40 Å². The minimum Gasteiger partial charge on any atom is -0.696 e. The molecule has 0 aromatic rings. The van der Waals surface area contributed by atoms with Crippen molar-refractivity contribution in [3.63, 3.8) is 0 Å². The molecule has 0 saturated carbocycles. The second kappa shape index (κ2) is 85.0. The first-order valence-corrected chi connectivity index (χ1v) is 1.73. The molecule has 0 saturated heterocycles. The summed E-state index contributed by atoms with van der Waals surface area (Å²) >= 11 is 3.70. The van der Waals surface area contributed by atoms with Crippen LogP contribution < -0.4 is 51.4 Å². The smallest absolute Gasteiger partial charge is 0.696 e. The number of nitrogens with zero attached hydrogens (tertiary/aromatic N) is 1. The zero-order chi connectivity index (χ0) is 6.71. The van der Waals surface area contributed by atoms with Gasteiger partial charge in [0.1, 0.15) is 0 Å². The van der Waals surface area contributed by atoms with Gasteiger partial charge in [-0.15, -0.1) is 0 Å². The molecule has 0 bridgehead atoms. The van der Waals surface area contributed by atoms with Crippen molar-refractivity contribution >= 4 is 12.6 Å². The summed E-state index contributed by atoms with van der Waals surface area (Å²) in [5.41, 5.74) is 0. The Balaban J connectivity index is -0.0000000147. The fourth-order valence-corrected chi connectivity index (χ4v) is 0. The number of aliphatic hydroxyl groups excluding tert-OH is 2. The Labute approximate surface area is 97.5 Å². The van der Waals surface area contributed by atoms with Gasteiger partial charge >= 0.3 is 51.4 Å². The Hall–Kier alpha value is 1.27. The molecule has 0 aromatic carbocycles. The van der Waals surface area contributed by atoms with E-state index in [2.05, 4.69) is 12.6 Å². The number of hydrogen-bond acceptors (Lipinski definition) is 4. The Morgan fingerprint density at radius 3 is 1.25 bits per heavy atom. The zero-order valence-corrected chi connectivity index (χ0v) is 9.19. The molecule has 8 heavy (non-hydrogen) atoms. The van der Waals surface area contributed by atoms with Gasteiger partial charge in [0.25, 0.3) is 0 Å². The molecule has 0 aliphatic carbocycles. The molecule has 5 heteroatoms. The number of hydrogen-bond donors (Lipinski definition) is 2. The van der Waals surface area contributed by atoms with Crippen LogP contribution in [0.15, 0.2) is 0 Å². The minimum absolute atomic E-state index is 0. The molecule has 0 aliphatic heterocycles. The van der Waals surface area contributed by atoms with Gasteiger partial charge in [-0.05, 0) is 0 Å². The van der Waals surface area contributed by atoms with Crippen molar-refractivity contribution < 1.29 is 61.6 Å². The van der Waals surface area contributed by atoms with E-state index in [1.165, 1.54) is 5.40 Å². The van der Waals surface area contributed by atoms with E-state index >= 15 is 0 Å². The second-order valence-corrected chi connectivity index (χ2v) is 0.274. The number of nitriles is 1. The van der Waals surface area contributed by atoms with Gasteiger partial charge in [0, 0.05) is 14.2 Å². The molecule has 2 N–H and O–H groups in total. The topological polar surface area (TPSA) is 64.2 Å². The van der Waals surface area contributed by atoms with Crippen molar-refractivity contribution in [3.05, 3.63) is 0 Å². The Bertz CT molecular complexity index is 38.8. The first-order chi connectivity index (χ1) is 3.41. The average molecular weight is 161 g/mol. The van der Waals surface area contributed by atoms with Crippen LogP contribution in [0.3, 0.4) is 0 Å². The molecule has 0 radical (unpaired) electrons. The van der Waals surface area contributed by atoms with E-state index in [9.17, 15) is 0 Å². The Kier molecular flexibility index (Phi) is 243. The number of aliphatic hydroxyl groups is 2. The summed E-state index contributed by atoms with van der Waals surface area (Å²) in [6, 6.07) is 0. The molecule has 0 heterocycles. The molecule has 44 valence electrons. The monoisotopic (exact) mass is 161 g/mol. The predicted octanol–water partition coefficient (Wildman–Crippen LogP) is -3.76. The predicted molar refractivity (Wildman–Crippen MR) is 29.3 cm³/mol. The summed E-state index contributed by atoms with van der Waals surface area (Å²) in [5.74, 6) is 0. The van der Waals surface area contributed by atoms with Crippen LogP contribution >= 0.6 is 0 Å². The van der Waals surface area contributed by atoms with Gasteiger partial charge < -0.3 is 22.8 Å². The van der Waals surface area contributed by atoms with Crippen molar-refractivity contribution in [2.24, 2.45) is 0 Å². The van der Waals surface area contributed by atoms with Crippen LogP contribution in [0.5, 0.6) is 0 Å². The molecule has 0 rings (SSSR count). The van der Waals surface area contributed by atoms with Crippen LogP contribution in [0.4, 0.5) is 0 Å². The van der Waals surface area contributed by atoms with Gasteiger partial charge in [0.2, 0.25) is 0 Å². The maximum Gasteiger partial charge on any atom is 1.00 e.